The van der Waals surface area contributed by atoms with Gasteiger partial charge in [-0.05, 0) is 12.0 Å². The molecule has 0 saturated heterocycles. The van der Waals surface area contributed by atoms with Crippen molar-refractivity contribution < 1.29 is 4.79 Å². The predicted octanol–water partition coefficient (Wildman–Crippen LogP) is 1.37. The highest BCUT2D eigenvalue weighted by Gasteiger charge is 2.08. The van der Waals surface area contributed by atoms with E-state index in [0.29, 0.717) is 11.4 Å². The van der Waals surface area contributed by atoms with Gasteiger partial charge < -0.3 is 10.3 Å². The summed E-state index contributed by atoms with van der Waals surface area (Å²) in [5.41, 5.74) is 8.04. The van der Waals surface area contributed by atoms with Crippen molar-refractivity contribution in [2.75, 3.05) is 5.73 Å². The van der Waals surface area contributed by atoms with Crippen molar-refractivity contribution in [3.05, 3.63) is 17.5 Å². The van der Waals surface area contributed by atoms with Crippen LogP contribution < -0.4 is 5.73 Å². The van der Waals surface area contributed by atoms with Gasteiger partial charge in [0.05, 0.1) is 5.69 Å². The van der Waals surface area contributed by atoms with Crippen LogP contribution in [0.3, 0.4) is 0 Å². The third kappa shape index (κ3) is 1.35. The highest BCUT2D eigenvalue weighted by atomic mass is 16.1. The normalized spacial score (nSPS) is 10.2. The molecule has 1 heterocycles. The predicted molar refractivity (Wildman–Crippen MR) is 49.2 cm³/mol. The van der Waals surface area contributed by atoms with Gasteiger partial charge in [0.2, 0.25) is 0 Å². The van der Waals surface area contributed by atoms with Crippen molar-refractivity contribution in [3.63, 3.8) is 0 Å². The van der Waals surface area contributed by atoms with Crippen LogP contribution in [0.25, 0.3) is 0 Å². The lowest BCUT2D eigenvalue weighted by Gasteiger charge is -1.95. The van der Waals surface area contributed by atoms with Gasteiger partial charge in [-0.2, -0.15) is 0 Å². The molecule has 2 N–H and O–H groups in total. The molecule has 0 saturated carbocycles. The second-order valence-electron chi connectivity index (χ2n) is 2.93. The van der Waals surface area contributed by atoms with Gasteiger partial charge in [0, 0.05) is 13.2 Å². The number of carbonyl (C=O) groups is 1. The number of rotatable bonds is 3. The van der Waals surface area contributed by atoms with Crippen molar-refractivity contribution in [3.8, 4) is 0 Å². The van der Waals surface area contributed by atoms with Gasteiger partial charge in [-0.15, -0.1) is 0 Å². The molecular formula is C9H14N2O. The summed E-state index contributed by atoms with van der Waals surface area (Å²) in [7, 11) is 1.83. The quantitative estimate of drug-likeness (QED) is 0.689. The lowest BCUT2D eigenvalue weighted by Crippen LogP contribution is -1.96. The molecule has 0 amide bonds. The number of aldehydes is 1. The summed E-state index contributed by atoms with van der Waals surface area (Å²) in [6.45, 7) is 2.09. The van der Waals surface area contributed by atoms with E-state index in [9.17, 15) is 4.79 Å². The number of aromatic nitrogens is 1. The Morgan fingerprint density at radius 3 is 2.75 bits per heavy atom. The van der Waals surface area contributed by atoms with E-state index in [1.54, 1.807) is 4.57 Å². The number of anilines is 1. The summed E-state index contributed by atoms with van der Waals surface area (Å²) in [5, 5.41) is 0. The Kier molecular flexibility index (Phi) is 2.53. The summed E-state index contributed by atoms with van der Waals surface area (Å²) >= 11 is 0. The van der Waals surface area contributed by atoms with Crippen LogP contribution in [-0.4, -0.2) is 10.9 Å². The van der Waals surface area contributed by atoms with E-state index >= 15 is 0 Å². The Labute approximate surface area is 72.2 Å². The van der Waals surface area contributed by atoms with Crippen molar-refractivity contribution in [2.45, 2.75) is 19.8 Å². The largest absolute Gasteiger partial charge is 0.397 e. The lowest BCUT2D eigenvalue weighted by molar-refractivity contribution is 0.111. The fourth-order valence-electron chi connectivity index (χ4n) is 1.34. The van der Waals surface area contributed by atoms with Crippen LogP contribution in [0, 0.1) is 0 Å². The molecule has 0 aliphatic heterocycles. The Balaban J connectivity index is 3.08. The average Bonchev–Trinajstić information content (AvgIpc) is 2.29. The van der Waals surface area contributed by atoms with Gasteiger partial charge in [-0.25, -0.2) is 0 Å². The van der Waals surface area contributed by atoms with Crippen molar-refractivity contribution in [1.29, 1.82) is 0 Å². The zero-order chi connectivity index (χ0) is 9.14. The lowest BCUT2D eigenvalue weighted by atomic mass is 10.1. The molecule has 1 aromatic rings. The van der Waals surface area contributed by atoms with E-state index in [4.69, 9.17) is 5.73 Å². The molecule has 3 heteroatoms. The smallest absolute Gasteiger partial charge is 0.168 e. The molecule has 0 fully saturated rings. The third-order valence-corrected chi connectivity index (χ3v) is 1.98. The van der Waals surface area contributed by atoms with Crippen molar-refractivity contribution in [2.24, 2.45) is 7.05 Å². The van der Waals surface area contributed by atoms with Crippen molar-refractivity contribution >= 4 is 12.0 Å². The van der Waals surface area contributed by atoms with Crippen LogP contribution in [-0.2, 0) is 13.5 Å². The van der Waals surface area contributed by atoms with Crippen LogP contribution in [0.1, 0.15) is 29.4 Å². The Morgan fingerprint density at radius 2 is 2.33 bits per heavy atom. The highest BCUT2D eigenvalue weighted by Crippen LogP contribution is 2.18. The van der Waals surface area contributed by atoms with E-state index in [0.717, 1.165) is 24.7 Å². The molecule has 0 spiro atoms. The number of hydrogen-bond acceptors (Lipinski definition) is 2. The molecule has 0 atom stereocenters. The first-order valence-electron chi connectivity index (χ1n) is 4.09. The number of carbonyl (C=O) groups excluding carboxylic acids is 1. The van der Waals surface area contributed by atoms with Gasteiger partial charge in [-0.3, -0.25) is 4.79 Å². The van der Waals surface area contributed by atoms with Gasteiger partial charge in [-0.1, -0.05) is 13.3 Å². The minimum absolute atomic E-state index is 0.582. The van der Waals surface area contributed by atoms with Crippen LogP contribution in [0.4, 0.5) is 5.69 Å². The van der Waals surface area contributed by atoms with E-state index in [2.05, 4.69) is 6.92 Å². The van der Waals surface area contributed by atoms with Crippen LogP contribution in [0.2, 0.25) is 0 Å². The average molecular weight is 166 g/mol. The molecule has 0 radical (unpaired) electrons. The Hall–Kier alpha value is -1.25. The zero-order valence-corrected chi connectivity index (χ0v) is 7.50. The summed E-state index contributed by atoms with van der Waals surface area (Å²) in [4.78, 5) is 10.6. The standard InChI is InChI=1S/C9H14N2O/c1-3-4-7-5-11(2)8(6-12)9(7)10/h5-6H,3-4,10H2,1-2H3. The molecule has 0 aromatic carbocycles. The monoisotopic (exact) mass is 166 g/mol. The van der Waals surface area contributed by atoms with Crippen LogP contribution in [0.5, 0.6) is 0 Å². The van der Waals surface area contributed by atoms with Gasteiger partial charge in [0.25, 0.3) is 0 Å². The summed E-state index contributed by atoms with van der Waals surface area (Å²) in [6, 6.07) is 0. The third-order valence-electron chi connectivity index (χ3n) is 1.98. The molecule has 66 valence electrons. The molecule has 0 aliphatic rings. The van der Waals surface area contributed by atoms with E-state index in [1.807, 2.05) is 13.2 Å². The number of nitrogens with zero attached hydrogens (tertiary/aromatic N) is 1. The summed E-state index contributed by atoms with van der Waals surface area (Å²) < 4.78 is 1.77. The molecule has 0 aliphatic carbocycles. The number of nitrogen functional groups attached to an aromatic ring is 1. The summed E-state index contributed by atoms with van der Waals surface area (Å²) in [5.74, 6) is 0. The van der Waals surface area contributed by atoms with E-state index in [-0.39, 0.29) is 0 Å². The molecule has 0 bridgehead atoms. The summed E-state index contributed by atoms with van der Waals surface area (Å²) in [6.07, 6.45) is 4.71. The zero-order valence-electron chi connectivity index (χ0n) is 7.50. The number of nitrogens with two attached hydrogens (primary N) is 1. The Morgan fingerprint density at radius 1 is 1.67 bits per heavy atom. The second kappa shape index (κ2) is 3.43. The van der Waals surface area contributed by atoms with Gasteiger partial charge >= 0.3 is 0 Å². The molecule has 3 nitrogen and oxygen atoms in total. The Bertz CT molecular complexity index is 289. The number of aryl methyl sites for hydroxylation is 2. The minimum Gasteiger partial charge on any atom is -0.397 e. The minimum atomic E-state index is 0.582. The van der Waals surface area contributed by atoms with Gasteiger partial charge in [0.15, 0.2) is 6.29 Å². The fourth-order valence-corrected chi connectivity index (χ4v) is 1.34. The first-order valence-corrected chi connectivity index (χ1v) is 4.09. The maximum absolute atomic E-state index is 10.6. The topological polar surface area (TPSA) is 48.0 Å². The van der Waals surface area contributed by atoms with Gasteiger partial charge in [0.1, 0.15) is 5.69 Å². The van der Waals surface area contributed by atoms with Crippen LogP contribution in [0.15, 0.2) is 6.20 Å². The fraction of sp³-hybridized carbons (Fsp3) is 0.444. The van der Waals surface area contributed by atoms with E-state index < -0.39 is 0 Å². The van der Waals surface area contributed by atoms with Crippen LogP contribution >= 0.6 is 0 Å². The molecular weight excluding hydrogens is 152 g/mol. The second-order valence-corrected chi connectivity index (χ2v) is 2.93. The maximum Gasteiger partial charge on any atom is 0.168 e. The first-order chi connectivity index (χ1) is 5.70. The molecule has 0 unspecified atom stereocenters. The maximum atomic E-state index is 10.6. The molecule has 1 rings (SSSR count). The SMILES string of the molecule is CCCc1cn(C)c(C=O)c1N. The highest BCUT2D eigenvalue weighted by molar-refractivity contribution is 5.82. The first kappa shape index (κ1) is 8.84. The molecule has 1 aromatic heterocycles. The number of hydrogen-bond donors (Lipinski definition) is 1. The molecule has 12 heavy (non-hydrogen) atoms. The van der Waals surface area contributed by atoms with Crippen molar-refractivity contribution in [1.82, 2.24) is 4.57 Å². The van der Waals surface area contributed by atoms with E-state index in [1.165, 1.54) is 0 Å².